The van der Waals surface area contributed by atoms with Crippen LogP contribution in [0.3, 0.4) is 0 Å². The number of fused-ring (bicyclic) bond motifs is 1. The first-order valence-corrected chi connectivity index (χ1v) is 12.5. The fraction of sp³-hybridized carbons (Fsp3) is 0.429. The number of nitrogens with zero attached hydrogens (tertiary/aromatic N) is 2. The van der Waals surface area contributed by atoms with Gasteiger partial charge in [-0.1, -0.05) is 12.1 Å². The molecule has 2 aromatic carbocycles. The summed E-state index contributed by atoms with van der Waals surface area (Å²) >= 11 is 0. The molecule has 0 aromatic heterocycles. The fourth-order valence-corrected chi connectivity index (χ4v) is 5.36. The Balaban J connectivity index is 1.60. The lowest BCUT2D eigenvalue weighted by Crippen LogP contribution is -2.42. The number of ketones is 1. The van der Waals surface area contributed by atoms with E-state index in [9.17, 15) is 14.7 Å². The van der Waals surface area contributed by atoms with Gasteiger partial charge in [-0.2, -0.15) is 0 Å². The summed E-state index contributed by atoms with van der Waals surface area (Å²) in [6, 6.07) is 9.84. The summed E-state index contributed by atoms with van der Waals surface area (Å²) in [5, 5.41) is 11.5. The average molecular weight is 509 g/mol. The summed E-state index contributed by atoms with van der Waals surface area (Å²) in [5.41, 5.74) is 2.02. The first-order chi connectivity index (χ1) is 17.9. The van der Waals surface area contributed by atoms with Gasteiger partial charge < -0.3 is 29.0 Å². The molecule has 0 saturated carbocycles. The van der Waals surface area contributed by atoms with E-state index in [2.05, 4.69) is 4.90 Å². The van der Waals surface area contributed by atoms with Gasteiger partial charge in [-0.05, 0) is 36.8 Å². The molecule has 1 amide bonds. The highest BCUT2D eigenvalue weighted by atomic mass is 16.5. The molecule has 1 N–H and O–H groups in total. The number of aliphatic hydroxyl groups is 1. The summed E-state index contributed by atoms with van der Waals surface area (Å²) in [7, 11) is 3.05. The van der Waals surface area contributed by atoms with Crippen LogP contribution < -0.4 is 14.2 Å². The Kier molecular flexibility index (Phi) is 7.08. The van der Waals surface area contributed by atoms with Crippen molar-refractivity contribution in [3.05, 3.63) is 58.7 Å². The van der Waals surface area contributed by atoms with E-state index in [0.29, 0.717) is 55.4 Å². The predicted octanol–water partition coefficient (Wildman–Crippen LogP) is 2.78. The topological polar surface area (TPSA) is 97.8 Å². The summed E-state index contributed by atoms with van der Waals surface area (Å²) in [6.07, 6.45) is 0.747. The third kappa shape index (κ3) is 4.65. The van der Waals surface area contributed by atoms with Crippen LogP contribution in [0.5, 0.6) is 17.2 Å². The zero-order valence-electron chi connectivity index (χ0n) is 21.4. The Hall–Kier alpha value is -3.56. The van der Waals surface area contributed by atoms with Gasteiger partial charge in [0, 0.05) is 43.7 Å². The quantitative estimate of drug-likeness (QED) is 0.347. The van der Waals surface area contributed by atoms with Crippen molar-refractivity contribution in [1.29, 1.82) is 0 Å². The minimum absolute atomic E-state index is 0.0328. The molecule has 3 aliphatic heterocycles. The van der Waals surface area contributed by atoms with Crippen molar-refractivity contribution in [1.82, 2.24) is 9.80 Å². The van der Waals surface area contributed by atoms with E-state index in [0.717, 1.165) is 24.4 Å². The smallest absolute Gasteiger partial charge is 0.295 e. The molecule has 9 heteroatoms. The lowest BCUT2D eigenvalue weighted by atomic mass is 9.93. The molecule has 196 valence electrons. The molecule has 0 bridgehead atoms. The second-order valence-corrected chi connectivity index (χ2v) is 9.48. The van der Waals surface area contributed by atoms with Gasteiger partial charge >= 0.3 is 0 Å². The van der Waals surface area contributed by atoms with E-state index in [1.54, 1.807) is 30.3 Å². The van der Waals surface area contributed by atoms with Crippen LogP contribution in [-0.2, 0) is 20.7 Å². The Morgan fingerprint density at radius 2 is 1.86 bits per heavy atom. The summed E-state index contributed by atoms with van der Waals surface area (Å²) in [6.45, 7) is 5.64. The number of morpholine rings is 1. The Morgan fingerprint density at radius 3 is 2.59 bits per heavy atom. The first kappa shape index (κ1) is 25.1. The van der Waals surface area contributed by atoms with Crippen molar-refractivity contribution < 1.29 is 33.6 Å². The minimum Gasteiger partial charge on any atom is -0.507 e. The SMILES string of the molecule is COc1cccc([C@H]2C(=C(O)c3ccc4c(c3)C[C@@H](C)O4)C(=O)C(=O)N2CCN2CCOCC2)c1OC. The molecule has 3 aliphatic rings. The maximum Gasteiger partial charge on any atom is 0.295 e. The molecule has 9 nitrogen and oxygen atoms in total. The summed E-state index contributed by atoms with van der Waals surface area (Å²) in [5.74, 6) is 0.0607. The highest BCUT2D eigenvalue weighted by Gasteiger charge is 2.47. The van der Waals surface area contributed by atoms with Gasteiger partial charge in [0.25, 0.3) is 11.7 Å². The average Bonchev–Trinajstić information content (AvgIpc) is 3.42. The van der Waals surface area contributed by atoms with E-state index in [1.807, 2.05) is 13.0 Å². The molecule has 0 unspecified atom stereocenters. The van der Waals surface area contributed by atoms with Gasteiger partial charge in [0.1, 0.15) is 17.6 Å². The summed E-state index contributed by atoms with van der Waals surface area (Å²) in [4.78, 5) is 30.6. The van der Waals surface area contributed by atoms with Crippen molar-refractivity contribution >= 4 is 17.4 Å². The number of ether oxygens (including phenoxy) is 4. The van der Waals surface area contributed by atoms with E-state index in [-0.39, 0.29) is 17.4 Å². The summed E-state index contributed by atoms with van der Waals surface area (Å²) < 4.78 is 22.4. The van der Waals surface area contributed by atoms with Crippen LogP contribution in [0.15, 0.2) is 42.0 Å². The number of aliphatic hydroxyl groups excluding tert-OH is 1. The number of rotatable bonds is 7. The van der Waals surface area contributed by atoms with Gasteiger partial charge in [0.05, 0.1) is 39.0 Å². The van der Waals surface area contributed by atoms with Gasteiger partial charge in [-0.15, -0.1) is 0 Å². The molecule has 2 aromatic rings. The van der Waals surface area contributed by atoms with Crippen LogP contribution in [-0.4, -0.2) is 86.3 Å². The number of benzene rings is 2. The number of carbonyl (C=O) groups excluding carboxylic acids is 2. The standard InChI is InChI=1S/C28H32N2O7/c1-17-15-19-16-18(7-8-21(19)37-17)25(31)23-24(20-5-4-6-22(34-2)27(20)35-3)30(28(33)26(23)32)10-9-29-11-13-36-14-12-29/h4-8,16-17,24,31H,9-15H2,1-3H3/t17-,24+/m1/s1. The molecule has 0 radical (unpaired) electrons. The molecule has 2 atom stereocenters. The zero-order valence-corrected chi connectivity index (χ0v) is 21.4. The maximum atomic E-state index is 13.5. The van der Waals surface area contributed by atoms with Crippen molar-refractivity contribution in [2.45, 2.75) is 25.5 Å². The van der Waals surface area contributed by atoms with Gasteiger partial charge in [0.15, 0.2) is 11.5 Å². The molecule has 3 heterocycles. The van der Waals surface area contributed by atoms with Crippen LogP contribution in [0.2, 0.25) is 0 Å². The van der Waals surface area contributed by atoms with Crippen molar-refractivity contribution in [3.63, 3.8) is 0 Å². The molecule has 2 fully saturated rings. The lowest BCUT2D eigenvalue weighted by Gasteiger charge is -2.31. The second kappa shape index (κ2) is 10.4. The van der Waals surface area contributed by atoms with Gasteiger partial charge in [0.2, 0.25) is 0 Å². The van der Waals surface area contributed by atoms with E-state index >= 15 is 0 Å². The molecular formula is C28H32N2O7. The number of amides is 1. The molecule has 2 saturated heterocycles. The molecular weight excluding hydrogens is 476 g/mol. The van der Waals surface area contributed by atoms with Gasteiger partial charge in [-0.3, -0.25) is 14.5 Å². The maximum absolute atomic E-state index is 13.5. The first-order valence-electron chi connectivity index (χ1n) is 12.5. The molecule has 0 aliphatic carbocycles. The van der Waals surface area contributed by atoms with Crippen LogP contribution in [0.4, 0.5) is 0 Å². The molecule has 0 spiro atoms. The highest BCUT2D eigenvalue weighted by molar-refractivity contribution is 6.46. The number of hydrogen-bond acceptors (Lipinski definition) is 8. The van der Waals surface area contributed by atoms with E-state index in [4.69, 9.17) is 18.9 Å². The largest absolute Gasteiger partial charge is 0.507 e. The van der Waals surface area contributed by atoms with Crippen LogP contribution in [0.25, 0.3) is 5.76 Å². The van der Waals surface area contributed by atoms with Crippen LogP contribution in [0, 0.1) is 0 Å². The lowest BCUT2D eigenvalue weighted by molar-refractivity contribution is -0.140. The Labute approximate surface area is 216 Å². The number of methoxy groups -OCH3 is 2. The van der Waals surface area contributed by atoms with Crippen LogP contribution >= 0.6 is 0 Å². The third-order valence-corrected chi connectivity index (χ3v) is 7.20. The number of likely N-dealkylation sites (tertiary alicyclic amines) is 1. The van der Waals surface area contributed by atoms with Crippen molar-refractivity contribution in [2.24, 2.45) is 0 Å². The predicted molar refractivity (Wildman–Crippen MR) is 136 cm³/mol. The third-order valence-electron chi connectivity index (χ3n) is 7.20. The number of carbonyl (C=O) groups is 2. The normalized spacial score (nSPS) is 23.2. The second-order valence-electron chi connectivity index (χ2n) is 9.48. The fourth-order valence-electron chi connectivity index (χ4n) is 5.36. The van der Waals surface area contributed by atoms with E-state index in [1.165, 1.54) is 19.1 Å². The zero-order chi connectivity index (χ0) is 26.1. The van der Waals surface area contributed by atoms with Crippen molar-refractivity contribution in [2.75, 3.05) is 53.6 Å². The molecule has 5 rings (SSSR count). The minimum atomic E-state index is -0.838. The monoisotopic (exact) mass is 508 g/mol. The Bertz CT molecular complexity index is 1240. The molecule has 37 heavy (non-hydrogen) atoms. The van der Waals surface area contributed by atoms with Gasteiger partial charge in [-0.25, -0.2) is 0 Å². The van der Waals surface area contributed by atoms with Crippen LogP contribution in [0.1, 0.15) is 29.7 Å². The number of hydrogen-bond donors (Lipinski definition) is 1. The highest BCUT2D eigenvalue weighted by Crippen LogP contribution is 2.45. The Morgan fingerprint density at radius 1 is 1.08 bits per heavy atom. The van der Waals surface area contributed by atoms with E-state index < -0.39 is 17.7 Å². The number of Topliss-reactive ketones (excluding diaryl/α,β-unsaturated/α-hetero) is 1. The number of para-hydroxylation sites is 1. The van der Waals surface area contributed by atoms with Crippen molar-refractivity contribution in [3.8, 4) is 17.2 Å².